The number of unbranched alkanes of at least 4 members (excludes halogenated alkanes) is 2. The maximum atomic E-state index is 9.56. The molecule has 1 aromatic carbocycles. The van der Waals surface area contributed by atoms with E-state index in [2.05, 4.69) is 0 Å². The number of hydrogen-bond acceptors (Lipinski definition) is 5. The second-order valence-corrected chi connectivity index (χ2v) is 2.78. The summed E-state index contributed by atoms with van der Waals surface area (Å²) in [4.78, 5) is 27.1. The van der Waals surface area contributed by atoms with Gasteiger partial charge in [0.1, 0.15) is 30.9 Å². The number of aldehydes is 2. The fourth-order valence-electron chi connectivity index (χ4n) is 0.778. The van der Waals surface area contributed by atoms with E-state index in [1.165, 1.54) is 18.2 Å². The molecule has 5 nitrogen and oxygen atoms in total. The van der Waals surface area contributed by atoms with Crippen LogP contribution in [-0.4, -0.2) is 29.6 Å². The van der Waals surface area contributed by atoms with E-state index in [0.29, 0.717) is 19.3 Å². The van der Waals surface area contributed by atoms with Crippen LogP contribution in [0, 0.1) is 0 Å². The van der Waals surface area contributed by atoms with Crippen molar-refractivity contribution in [1.82, 2.24) is 0 Å². The summed E-state index contributed by atoms with van der Waals surface area (Å²) in [5.74, 6) is 0.176. The zero-order chi connectivity index (χ0) is 13.5. The Morgan fingerprint density at radius 1 is 1.00 bits per heavy atom. The van der Waals surface area contributed by atoms with Crippen molar-refractivity contribution in [2.75, 3.05) is 0 Å². The molecule has 5 heteroatoms. The Balaban J connectivity index is 0. The molecule has 1 rings (SSSR count). The largest absolute Gasteiger partial charge is 0.508 e. The van der Waals surface area contributed by atoms with Gasteiger partial charge in [-0.25, -0.2) is 0 Å². The van der Waals surface area contributed by atoms with Crippen molar-refractivity contribution >= 4 is 19.4 Å². The minimum absolute atomic E-state index is 0.0880. The van der Waals surface area contributed by atoms with Gasteiger partial charge >= 0.3 is 0 Å². The summed E-state index contributed by atoms with van der Waals surface area (Å²) in [5, 5.41) is 17.3. The maximum absolute atomic E-state index is 9.56. The van der Waals surface area contributed by atoms with Crippen molar-refractivity contribution in [3.63, 3.8) is 0 Å². The van der Waals surface area contributed by atoms with Crippen molar-refractivity contribution < 1.29 is 24.6 Å². The third kappa shape index (κ3) is 13.8. The molecule has 0 saturated carbocycles. The molecule has 2 N–H and O–H groups in total. The number of benzene rings is 1. The molecule has 0 atom stereocenters. The Morgan fingerprint density at radius 2 is 1.41 bits per heavy atom. The molecule has 0 saturated heterocycles. The van der Waals surface area contributed by atoms with E-state index < -0.39 is 0 Å². The Kier molecular flexibility index (Phi) is 14.0. The molecule has 0 spiro atoms. The van der Waals surface area contributed by atoms with E-state index in [-0.39, 0.29) is 11.5 Å². The average molecular weight is 240 g/mol. The summed E-state index contributed by atoms with van der Waals surface area (Å²) in [6.07, 6.45) is 3.37. The van der Waals surface area contributed by atoms with Crippen LogP contribution in [0.1, 0.15) is 19.3 Å². The van der Waals surface area contributed by atoms with Crippen LogP contribution in [-0.2, 0) is 14.4 Å². The average Bonchev–Trinajstić information content (AvgIpc) is 2.33. The first-order valence-electron chi connectivity index (χ1n) is 4.85. The molecule has 17 heavy (non-hydrogen) atoms. The SMILES string of the molecule is C=O.O=CCCCC=O.Oc1cccc(O)c1. The Hall–Kier alpha value is -2.17. The van der Waals surface area contributed by atoms with Gasteiger partial charge in [-0.05, 0) is 18.6 Å². The van der Waals surface area contributed by atoms with Gasteiger partial charge < -0.3 is 24.6 Å². The van der Waals surface area contributed by atoms with Gasteiger partial charge in [0, 0.05) is 18.9 Å². The zero-order valence-corrected chi connectivity index (χ0v) is 9.41. The number of phenols is 2. The maximum Gasteiger partial charge on any atom is 0.120 e. The summed E-state index contributed by atoms with van der Waals surface area (Å²) >= 11 is 0. The fraction of sp³-hybridized carbons (Fsp3) is 0.250. The highest BCUT2D eigenvalue weighted by Crippen LogP contribution is 2.14. The third-order valence-electron chi connectivity index (χ3n) is 1.47. The molecule has 0 fully saturated rings. The molecule has 0 aliphatic rings. The van der Waals surface area contributed by atoms with E-state index in [9.17, 15) is 9.59 Å². The standard InChI is InChI=1S/C6H6O2.C5H8O2.CH2O/c7-5-2-1-3-6(8)4-5;6-4-2-1-3-5-7;1-2/h1-4,7-8H;4-5H,1-3H2;1H2. The second-order valence-electron chi connectivity index (χ2n) is 2.78. The lowest BCUT2D eigenvalue weighted by Crippen LogP contribution is -1.76. The van der Waals surface area contributed by atoms with Crippen LogP contribution < -0.4 is 0 Å². The highest BCUT2D eigenvalue weighted by molar-refractivity contribution is 5.52. The van der Waals surface area contributed by atoms with Gasteiger partial charge in [-0.3, -0.25) is 0 Å². The first kappa shape index (κ1) is 17.2. The van der Waals surface area contributed by atoms with Gasteiger partial charge in [0.05, 0.1) is 0 Å². The van der Waals surface area contributed by atoms with Crippen molar-refractivity contribution in [1.29, 1.82) is 0 Å². The Morgan fingerprint density at radius 3 is 1.65 bits per heavy atom. The molecule has 1 aromatic rings. The van der Waals surface area contributed by atoms with Gasteiger partial charge in [-0.1, -0.05) is 6.07 Å². The first-order chi connectivity index (χ1) is 8.20. The van der Waals surface area contributed by atoms with Crippen LogP contribution in [0.3, 0.4) is 0 Å². The quantitative estimate of drug-likeness (QED) is 0.614. The fourth-order valence-corrected chi connectivity index (χ4v) is 0.778. The number of hydrogen-bond donors (Lipinski definition) is 2. The smallest absolute Gasteiger partial charge is 0.120 e. The Bertz CT molecular complexity index is 286. The van der Waals surface area contributed by atoms with Gasteiger partial charge in [0.25, 0.3) is 0 Å². The summed E-state index contributed by atoms with van der Waals surface area (Å²) in [5.41, 5.74) is 0. The second kappa shape index (κ2) is 13.8. The molecular weight excluding hydrogens is 224 g/mol. The molecule has 0 aliphatic carbocycles. The number of phenolic OH excluding ortho intramolecular Hbond substituents is 2. The third-order valence-corrected chi connectivity index (χ3v) is 1.47. The normalized spacial score (nSPS) is 7.76. The van der Waals surface area contributed by atoms with E-state index in [0.717, 1.165) is 12.6 Å². The molecule has 0 aliphatic heterocycles. The van der Waals surface area contributed by atoms with Crippen LogP contribution >= 0.6 is 0 Å². The highest BCUT2D eigenvalue weighted by Gasteiger charge is 1.85. The highest BCUT2D eigenvalue weighted by atomic mass is 16.3. The first-order valence-corrected chi connectivity index (χ1v) is 4.85. The monoisotopic (exact) mass is 240 g/mol. The number of carbonyl (C=O) groups is 3. The summed E-state index contributed by atoms with van der Waals surface area (Å²) in [6.45, 7) is 2.00. The Labute approximate surface area is 99.7 Å². The minimum Gasteiger partial charge on any atom is -0.508 e. The van der Waals surface area contributed by atoms with Crippen LogP contribution in [0.2, 0.25) is 0 Å². The van der Waals surface area contributed by atoms with E-state index in [1.807, 2.05) is 6.79 Å². The molecule has 0 amide bonds. The minimum atomic E-state index is 0.0880. The number of rotatable bonds is 4. The van der Waals surface area contributed by atoms with Crippen molar-refractivity contribution in [3.05, 3.63) is 24.3 Å². The molecule has 0 bridgehead atoms. The van der Waals surface area contributed by atoms with Crippen LogP contribution in [0.4, 0.5) is 0 Å². The summed E-state index contributed by atoms with van der Waals surface area (Å²) < 4.78 is 0. The molecule has 0 aromatic heterocycles. The summed E-state index contributed by atoms with van der Waals surface area (Å²) in [6, 6.07) is 5.85. The van der Waals surface area contributed by atoms with Crippen LogP contribution in [0.5, 0.6) is 11.5 Å². The van der Waals surface area contributed by atoms with Gasteiger partial charge in [-0.2, -0.15) is 0 Å². The number of aromatic hydroxyl groups is 2. The van der Waals surface area contributed by atoms with Crippen molar-refractivity contribution in [2.45, 2.75) is 19.3 Å². The predicted octanol–water partition coefficient (Wildman–Crippen LogP) is 1.47. The van der Waals surface area contributed by atoms with Crippen molar-refractivity contribution in [2.24, 2.45) is 0 Å². The van der Waals surface area contributed by atoms with Crippen molar-refractivity contribution in [3.8, 4) is 11.5 Å². The summed E-state index contributed by atoms with van der Waals surface area (Å²) in [7, 11) is 0. The molecule has 94 valence electrons. The van der Waals surface area contributed by atoms with E-state index in [1.54, 1.807) is 6.07 Å². The molecule has 0 unspecified atom stereocenters. The molecular formula is C12H16O5. The lowest BCUT2D eigenvalue weighted by Gasteiger charge is -1.89. The topological polar surface area (TPSA) is 91.7 Å². The molecule has 0 radical (unpaired) electrons. The zero-order valence-electron chi connectivity index (χ0n) is 9.41. The van der Waals surface area contributed by atoms with Gasteiger partial charge in [-0.15, -0.1) is 0 Å². The molecule has 0 heterocycles. The lowest BCUT2D eigenvalue weighted by molar-refractivity contribution is -0.109. The van der Waals surface area contributed by atoms with E-state index >= 15 is 0 Å². The van der Waals surface area contributed by atoms with E-state index in [4.69, 9.17) is 15.0 Å². The van der Waals surface area contributed by atoms with Crippen LogP contribution in [0.25, 0.3) is 0 Å². The number of carbonyl (C=O) groups excluding carboxylic acids is 3. The lowest BCUT2D eigenvalue weighted by atomic mass is 10.3. The predicted molar refractivity (Wildman–Crippen MR) is 62.9 cm³/mol. The van der Waals surface area contributed by atoms with Gasteiger partial charge in [0.15, 0.2) is 0 Å². The van der Waals surface area contributed by atoms with Gasteiger partial charge in [0.2, 0.25) is 0 Å². The van der Waals surface area contributed by atoms with Crippen LogP contribution in [0.15, 0.2) is 24.3 Å².